The van der Waals surface area contributed by atoms with Crippen LogP contribution in [0.5, 0.6) is 23.5 Å². The van der Waals surface area contributed by atoms with E-state index >= 15 is 0 Å². The molecule has 0 radical (unpaired) electrons. The van der Waals surface area contributed by atoms with Gasteiger partial charge in [0.05, 0.1) is 0 Å². The summed E-state index contributed by atoms with van der Waals surface area (Å²) in [5, 5.41) is -0.416. The van der Waals surface area contributed by atoms with Gasteiger partial charge in [0.25, 0.3) is 20.2 Å². The molecule has 0 aliphatic heterocycles. The van der Waals surface area contributed by atoms with Crippen LogP contribution >= 0.6 is 11.6 Å². The van der Waals surface area contributed by atoms with Crippen LogP contribution in [-0.4, -0.2) is 40.9 Å². The summed E-state index contributed by atoms with van der Waals surface area (Å²) in [7, 11) is -9.25. The third kappa shape index (κ3) is 5.65. The summed E-state index contributed by atoms with van der Waals surface area (Å²) in [4.78, 5) is 10.2. The number of nitrogens with zero attached hydrogens (tertiary/aromatic N) is 3. The highest BCUT2D eigenvalue weighted by Crippen LogP contribution is 2.31. The Labute approximate surface area is 182 Å². The van der Waals surface area contributed by atoms with Crippen molar-refractivity contribution >= 4 is 31.8 Å². The Hall–Kier alpha value is -2.84. The van der Waals surface area contributed by atoms with E-state index in [0.717, 1.165) is 0 Å². The van der Waals surface area contributed by atoms with E-state index in [1.165, 1.54) is 36.4 Å². The summed E-state index contributed by atoms with van der Waals surface area (Å²) >= 11 is 5.83. The van der Waals surface area contributed by atoms with Gasteiger partial charge in [0.15, 0.2) is 11.5 Å². The molecule has 14 heteroatoms. The lowest BCUT2D eigenvalue weighted by Gasteiger charge is -2.11. The van der Waals surface area contributed by atoms with Gasteiger partial charge in [-0.15, -0.1) is 4.98 Å². The van der Waals surface area contributed by atoms with Gasteiger partial charge in [0, 0.05) is 0 Å². The van der Waals surface area contributed by atoms with E-state index in [4.69, 9.17) is 21.1 Å². The summed E-state index contributed by atoms with van der Waals surface area (Å²) in [6.07, 6.45) is 0. The number of rotatable bonds is 6. The van der Waals surface area contributed by atoms with Gasteiger partial charge < -0.3 is 9.47 Å². The summed E-state index contributed by atoms with van der Waals surface area (Å²) < 4.78 is 76.0. The van der Waals surface area contributed by atoms with Gasteiger partial charge >= 0.3 is 12.0 Å². The molecule has 3 aromatic rings. The Balaban J connectivity index is 2.01. The van der Waals surface area contributed by atoms with E-state index < -0.39 is 47.3 Å². The third-order valence-corrected chi connectivity index (χ3v) is 5.64. The van der Waals surface area contributed by atoms with Crippen LogP contribution in [0.4, 0.5) is 0 Å². The number of hydrogen-bond acceptors (Lipinski definition) is 9. The third-order valence-electron chi connectivity index (χ3n) is 3.72. The molecule has 0 fully saturated rings. The number of ether oxygens (including phenoxy) is 2. The number of benzene rings is 2. The van der Waals surface area contributed by atoms with Gasteiger partial charge in [0.1, 0.15) is 9.79 Å². The molecule has 3 rings (SSSR count). The van der Waals surface area contributed by atoms with Gasteiger partial charge in [-0.05, 0) is 60.8 Å². The fraction of sp³-hybridized carbons (Fsp3) is 0.118. The minimum Gasteiger partial charge on any atom is -0.423 e. The van der Waals surface area contributed by atoms with Crippen molar-refractivity contribution in [2.75, 3.05) is 0 Å². The fourth-order valence-electron chi connectivity index (χ4n) is 2.41. The lowest BCUT2D eigenvalue weighted by molar-refractivity contribution is 0.384. The zero-order valence-corrected chi connectivity index (χ0v) is 18.2. The molecule has 0 aliphatic rings. The van der Waals surface area contributed by atoms with Crippen molar-refractivity contribution in [3.63, 3.8) is 0 Å². The first kappa shape index (κ1) is 22.8. The minimum atomic E-state index is -4.63. The van der Waals surface area contributed by atoms with Gasteiger partial charge in [-0.3, -0.25) is 9.11 Å². The second kappa shape index (κ2) is 8.36. The summed E-state index contributed by atoms with van der Waals surface area (Å²) in [5.74, 6) is -0.592. The van der Waals surface area contributed by atoms with Crippen LogP contribution in [0.1, 0.15) is 11.1 Å². The van der Waals surface area contributed by atoms with Crippen molar-refractivity contribution in [3.05, 3.63) is 52.8 Å². The summed E-state index contributed by atoms with van der Waals surface area (Å²) in [6, 6.07) is 6.95. The number of halogens is 1. The molecule has 2 N–H and O–H groups in total. The van der Waals surface area contributed by atoms with E-state index in [0.29, 0.717) is 11.1 Å². The van der Waals surface area contributed by atoms with Crippen molar-refractivity contribution in [1.82, 2.24) is 15.0 Å². The van der Waals surface area contributed by atoms with Crippen molar-refractivity contribution in [2.24, 2.45) is 0 Å². The van der Waals surface area contributed by atoms with Crippen LogP contribution in [-0.2, 0) is 20.2 Å². The first-order chi connectivity index (χ1) is 14.3. The Kier molecular flexibility index (Phi) is 6.16. The Bertz CT molecular complexity index is 1280. The first-order valence-electron chi connectivity index (χ1n) is 8.26. The second-order valence-corrected chi connectivity index (χ2v) is 9.34. The predicted molar refractivity (Wildman–Crippen MR) is 107 cm³/mol. The smallest absolute Gasteiger partial charge is 0.329 e. The quantitative estimate of drug-likeness (QED) is 0.490. The van der Waals surface area contributed by atoms with Crippen molar-refractivity contribution in [2.45, 2.75) is 23.6 Å². The first-order valence-corrected chi connectivity index (χ1v) is 11.5. The largest absolute Gasteiger partial charge is 0.423 e. The maximum absolute atomic E-state index is 11.6. The van der Waals surface area contributed by atoms with E-state index in [1.54, 1.807) is 13.8 Å². The lowest BCUT2D eigenvalue weighted by Crippen LogP contribution is -2.05. The van der Waals surface area contributed by atoms with Crippen LogP contribution in [0.25, 0.3) is 0 Å². The highest BCUT2D eigenvalue weighted by atomic mass is 35.5. The lowest BCUT2D eigenvalue weighted by atomic mass is 10.2. The molecule has 164 valence electrons. The molecule has 0 aliphatic carbocycles. The van der Waals surface area contributed by atoms with Crippen molar-refractivity contribution in [3.8, 4) is 23.5 Å². The molecular weight excluding hydrogens is 474 g/mol. The molecular formula is C17H14ClN3O8S2. The number of aryl methyl sites for hydroxylation is 2. The van der Waals surface area contributed by atoms with Crippen LogP contribution in [0.2, 0.25) is 5.28 Å². The molecule has 11 nitrogen and oxygen atoms in total. The maximum Gasteiger partial charge on any atom is 0.329 e. The van der Waals surface area contributed by atoms with E-state index in [-0.39, 0.29) is 11.5 Å². The highest BCUT2D eigenvalue weighted by molar-refractivity contribution is 7.86. The molecule has 0 bridgehead atoms. The normalized spacial score (nSPS) is 11.9. The standard InChI is InChI=1S/C17H14ClN3O8S2/c1-9-3-5-11(13(7-9)30(22,23)24)28-16-19-15(18)20-17(21-16)29-12-6-4-10(2)8-14(12)31(25,26)27/h3-8H,1-2H3,(H,22,23,24)(H,25,26,27). The Morgan fingerprint density at radius 1 is 0.742 bits per heavy atom. The van der Waals surface area contributed by atoms with Crippen molar-refractivity contribution < 1.29 is 35.4 Å². The van der Waals surface area contributed by atoms with E-state index in [2.05, 4.69) is 15.0 Å². The average molecular weight is 488 g/mol. The number of aromatic nitrogens is 3. The predicted octanol–water partition coefficient (Wildman–Crippen LogP) is 3.22. The number of hydrogen-bond donors (Lipinski definition) is 2. The van der Waals surface area contributed by atoms with Crippen molar-refractivity contribution in [1.29, 1.82) is 0 Å². The van der Waals surface area contributed by atoms with Crippen LogP contribution in [0.3, 0.4) is 0 Å². The summed E-state index contributed by atoms with van der Waals surface area (Å²) in [6.45, 7) is 3.22. The molecule has 0 atom stereocenters. The molecule has 0 saturated heterocycles. The zero-order valence-electron chi connectivity index (χ0n) is 15.8. The van der Waals surface area contributed by atoms with Crippen LogP contribution in [0.15, 0.2) is 46.2 Å². The van der Waals surface area contributed by atoms with Gasteiger partial charge in [-0.25, -0.2) is 0 Å². The van der Waals surface area contributed by atoms with E-state index in [1.807, 2.05) is 0 Å². The average Bonchev–Trinajstić information content (AvgIpc) is 2.62. The van der Waals surface area contributed by atoms with Gasteiger partial charge in [-0.2, -0.15) is 26.8 Å². The van der Waals surface area contributed by atoms with E-state index in [9.17, 15) is 25.9 Å². The minimum absolute atomic E-state index is 0.296. The molecule has 31 heavy (non-hydrogen) atoms. The molecule has 0 unspecified atom stereocenters. The topological polar surface area (TPSA) is 166 Å². The zero-order chi connectivity index (χ0) is 23.0. The fourth-order valence-corrected chi connectivity index (χ4v) is 3.95. The monoisotopic (exact) mass is 487 g/mol. The SMILES string of the molecule is Cc1ccc(Oc2nc(Cl)nc(Oc3ccc(C)cc3S(=O)(=O)O)n2)c(S(=O)(=O)O)c1. The maximum atomic E-state index is 11.6. The van der Waals surface area contributed by atoms with Crippen LogP contribution in [0, 0.1) is 13.8 Å². The Morgan fingerprint density at radius 3 is 1.48 bits per heavy atom. The van der Waals surface area contributed by atoms with Gasteiger partial charge in [0.2, 0.25) is 5.28 Å². The molecule has 0 amide bonds. The molecule has 0 spiro atoms. The molecule has 1 aromatic heterocycles. The highest BCUT2D eigenvalue weighted by Gasteiger charge is 2.21. The van der Waals surface area contributed by atoms with Crippen LogP contribution < -0.4 is 9.47 Å². The van der Waals surface area contributed by atoms with Gasteiger partial charge in [-0.1, -0.05) is 12.1 Å². The second-order valence-electron chi connectivity index (χ2n) is 6.22. The Morgan fingerprint density at radius 2 is 1.13 bits per heavy atom. The molecule has 0 saturated carbocycles. The molecule has 2 aromatic carbocycles. The summed E-state index contributed by atoms with van der Waals surface area (Å²) in [5.41, 5.74) is 1.07. The molecule has 1 heterocycles.